The molecule has 1 amide bonds. The van der Waals surface area contributed by atoms with E-state index < -0.39 is 0 Å². The van der Waals surface area contributed by atoms with Gasteiger partial charge in [0.25, 0.3) is 5.91 Å². The van der Waals surface area contributed by atoms with Crippen LogP contribution in [0.3, 0.4) is 0 Å². The number of fused-ring (bicyclic) bond motifs is 2. The molecular formula is C15H19NO2. The third-order valence-corrected chi connectivity index (χ3v) is 4.35. The lowest BCUT2D eigenvalue weighted by molar-refractivity contribution is -0.0184. The number of hydrogen-bond acceptors (Lipinski definition) is 2. The Morgan fingerprint density at radius 1 is 1.17 bits per heavy atom. The SMILES string of the molecule is O=C(c1ccccc1)N1CC[C@H]2CC[C@@H](O)[C@@H]1C2. The van der Waals surface area contributed by atoms with E-state index in [0.717, 1.165) is 37.8 Å². The zero-order chi connectivity index (χ0) is 12.5. The lowest BCUT2D eigenvalue weighted by Crippen LogP contribution is -2.54. The molecule has 2 fully saturated rings. The van der Waals surface area contributed by atoms with Crippen molar-refractivity contribution in [2.45, 2.75) is 37.8 Å². The Labute approximate surface area is 107 Å². The number of aliphatic hydroxyl groups is 1. The second-order valence-corrected chi connectivity index (χ2v) is 5.47. The molecule has 3 atom stereocenters. The van der Waals surface area contributed by atoms with Crippen molar-refractivity contribution in [1.29, 1.82) is 0 Å². The highest BCUT2D eigenvalue weighted by Crippen LogP contribution is 2.35. The molecule has 1 aliphatic heterocycles. The fraction of sp³-hybridized carbons (Fsp3) is 0.533. The van der Waals surface area contributed by atoms with Gasteiger partial charge in [0.15, 0.2) is 0 Å². The first-order valence-corrected chi connectivity index (χ1v) is 6.80. The Hall–Kier alpha value is -1.35. The molecule has 3 heteroatoms. The summed E-state index contributed by atoms with van der Waals surface area (Å²) in [6.07, 6.45) is 3.68. The first-order chi connectivity index (χ1) is 8.75. The first kappa shape index (κ1) is 11.7. The van der Waals surface area contributed by atoms with Crippen molar-refractivity contribution in [1.82, 2.24) is 4.90 Å². The first-order valence-electron chi connectivity index (χ1n) is 6.80. The number of aliphatic hydroxyl groups excluding tert-OH is 1. The van der Waals surface area contributed by atoms with Crippen LogP contribution in [0.4, 0.5) is 0 Å². The van der Waals surface area contributed by atoms with E-state index in [1.54, 1.807) is 0 Å². The molecular weight excluding hydrogens is 226 g/mol. The molecule has 2 bridgehead atoms. The molecule has 1 aliphatic carbocycles. The van der Waals surface area contributed by atoms with E-state index in [4.69, 9.17) is 0 Å². The number of carbonyl (C=O) groups excluding carboxylic acids is 1. The van der Waals surface area contributed by atoms with E-state index in [9.17, 15) is 9.90 Å². The van der Waals surface area contributed by atoms with Gasteiger partial charge in [-0.3, -0.25) is 4.79 Å². The number of likely N-dealkylation sites (tertiary alicyclic amines) is 1. The number of piperidine rings is 1. The minimum Gasteiger partial charge on any atom is -0.391 e. The van der Waals surface area contributed by atoms with Crippen LogP contribution in [0, 0.1) is 5.92 Å². The van der Waals surface area contributed by atoms with Crippen molar-refractivity contribution >= 4 is 5.91 Å². The zero-order valence-electron chi connectivity index (χ0n) is 10.5. The fourth-order valence-corrected chi connectivity index (χ4v) is 3.30. The summed E-state index contributed by atoms with van der Waals surface area (Å²) in [7, 11) is 0. The molecule has 0 spiro atoms. The van der Waals surface area contributed by atoms with E-state index in [0.29, 0.717) is 5.92 Å². The average molecular weight is 245 g/mol. The van der Waals surface area contributed by atoms with Crippen molar-refractivity contribution < 1.29 is 9.90 Å². The molecule has 18 heavy (non-hydrogen) atoms. The van der Waals surface area contributed by atoms with Gasteiger partial charge < -0.3 is 10.0 Å². The fourth-order valence-electron chi connectivity index (χ4n) is 3.30. The van der Waals surface area contributed by atoms with Gasteiger partial charge in [-0.15, -0.1) is 0 Å². The number of amides is 1. The predicted molar refractivity (Wildman–Crippen MR) is 69.2 cm³/mol. The van der Waals surface area contributed by atoms with Crippen LogP contribution < -0.4 is 0 Å². The van der Waals surface area contributed by atoms with Crippen LogP contribution in [0.25, 0.3) is 0 Å². The number of carbonyl (C=O) groups is 1. The molecule has 96 valence electrons. The monoisotopic (exact) mass is 245 g/mol. The van der Waals surface area contributed by atoms with Gasteiger partial charge in [0.05, 0.1) is 12.1 Å². The quantitative estimate of drug-likeness (QED) is 0.822. The van der Waals surface area contributed by atoms with Gasteiger partial charge in [0.2, 0.25) is 0 Å². The van der Waals surface area contributed by atoms with Crippen molar-refractivity contribution in [2.24, 2.45) is 5.92 Å². The smallest absolute Gasteiger partial charge is 0.254 e. The minimum absolute atomic E-state index is 0.0326. The number of hydrogen-bond donors (Lipinski definition) is 1. The van der Waals surface area contributed by atoms with E-state index in [1.165, 1.54) is 0 Å². The van der Waals surface area contributed by atoms with E-state index in [-0.39, 0.29) is 18.1 Å². The molecule has 1 N–H and O–H groups in total. The molecule has 0 radical (unpaired) electrons. The topological polar surface area (TPSA) is 40.5 Å². The van der Waals surface area contributed by atoms with Crippen molar-refractivity contribution in [3.8, 4) is 0 Å². The van der Waals surface area contributed by atoms with Gasteiger partial charge >= 0.3 is 0 Å². The highest BCUT2D eigenvalue weighted by atomic mass is 16.3. The maximum Gasteiger partial charge on any atom is 0.254 e. The summed E-state index contributed by atoms with van der Waals surface area (Å²) >= 11 is 0. The normalized spacial score (nSPS) is 31.2. The molecule has 0 aromatic heterocycles. The van der Waals surface area contributed by atoms with Gasteiger partial charge in [-0.1, -0.05) is 18.2 Å². The van der Waals surface area contributed by atoms with Crippen LogP contribution in [-0.4, -0.2) is 34.6 Å². The molecule has 1 aromatic rings. The third-order valence-electron chi connectivity index (χ3n) is 4.35. The number of rotatable bonds is 1. The Balaban J connectivity index is 1.81. The molecule has 1 saturated heterocycles. The summed E-state index contributed by atoms with van der Waals surface area (Å²) < 4.78 is 0. The Kier molecular flexibility index (Phi) is 3.08. The maximum absolute atomic E-state index is 12.5. The molecule has 3 rings (SSSR count). The summed E-state index contributed by atoms with van der Waals surface area (Å²) in [5.74, 6) is 0.776. The van der Waals surface area contributed by atoms with Gasteiger partial charge in [-0.2, -0.15) is 0 Å². The van der Waals surface area contributed by atoms with Crippen LogP contribution in [0.1, 0.15) is 36.0 Å². The molecule has 3 nitrogen and oxygen atoms in total. The molecule has 2 aliphatic rings. The average Bonchev–Trinajstić information content (AvgIpc) is 2.44. The summed E-state index contributed by atoms with van der Waals surface area (Å²) in [6, 6.07) is 9.42. The van der Waals surface area contributed by atoms with Crippen LogP contribution in [0.15, 0.2) is 30.3 Å². The zero-order valence-corrected chi connectivity index (χ0v) is 10.5. The van der Waals surface area contributed by atoms with Crippen molar-refractivity contribution in [2.75, 3.05) is 6.54 Å². The van der Waals surface area contributed by atoms with Gasteiger partial charge in [-0.05, 0) is 43.7 Å². The van der Waals surface area contributed by atoms with Gasteiger partial charge in [0.1, 0.15) is 0 Å². The van der Waals surface area contributed by atoms with Crippen molar-refractivity contribution in [3.05, 3.63) is 35.9 Å². The van der Waals surface area contributed by atoms with Crippen LogP contribution in [-0.2, 0) is 0 Å². The Morgan fingerprint density at radius 3 is 2.72 bits per heavy atom. The predicted octanol–water partition coefficient (Wildman–Crippen LogP) is 2.06. The van der Waals surface area contributed by atoms with Crippen LogP contribution in [0.5, 0.6) is 0 Å². The van der Waals surface area contributed by atoms with E-state index >= 15 is 0 Å². The Bertz CT molecular complexity index is 431. The molecule has 0 unspecified atom stereocenters. The highest BCUT2D eigenvalue weighted by Gasteiger charge is 2.39. The second kappa shape index (κ2) is 4.73. The molecule has 1 heterocycles. The summed E-state index contributed by atoms with van der Waals surface area (Å²) in [5, 5.41) is 10.1. The maximum atomic E-state index is 12.5. The van der Waals surface area contributed by atoms with E-state index in [2.05, 4.69) is 0 Å². The van der Waals surface area contributed by atoms with Crippen LogP contribution >= 0.6 is 0 Å². The van der Waals surface area contributed by atoms with Crippen molar-refractivity contribution in [3.63, 3.8) is 0 Å². The number of nitrogens with zero attached hydrogens (tertiary/aromatic N) is 1. The highest BCUT2D eigenvalue weighted by molar-refractivity contribution is 5.94. The number of benzene rings is 1. The molecule has 1 saturated carbocycles. The lowest BCUT2D eigenvalue weighted by Gasteiger charge is -2.45. The standard InChI is InChI=1S/C15H19NO2/c17-14-7-6-11-8-9-16(13(14)10-11)15(18)12-4-2-1-3-5-12/h1-5,11,13-14,17H,6-10H2/t11-,13+,14-/m1/s1. The van der Waals surface area contributed by atoms with Gasteiger partial charge in [-0.25, -0.2) is 0 Å². The summed E-state index contributed by atoms with van der Waals surface area (Å²) in [6.45, 7) is 0.792. The van der Waals surface area contributed by atoms with Gasteiger partial charge in [0, 0.05) is 12.1 Å². The second-order valence-electron chi connectivity index (χ2n) is 5.47. The summed E-state index contributed by atoms with van der Waals surface area (Å²) in [4.78, 5) is 14.3. The van der Waals surface area contributed by atoms with E-state index in [1.807, 2.05) is 35.2 Å². The Morgan fingerprint density at radius 2 is 1.94 bits per heavy atom. The third kappa shape index (κ3) is 2.03. The summed E-state index contributed by atoms with van der Waals surface area (Å²) in [5.41, 5.74) is 0.730. The lowest BCUT2D eigenvalue weighted by atomic mass is 9.78. The van der Waals surface area contributed by atoms with Crippen LogP contribution in [0.2, 0.25) is 0 Å². The largest absolute Gasteiger partial charge is 0.391 e. The minimum atomic E-state index is -0.339. The molecule has 1 aromatic carbocycles.